The number of hydrogen-bond acceptors (Lipinski definition) is 3. The Kier molecular flexibility index (Phi) is 3.60. The van der Waals surface area contributed by atoms with E-state index in [1.165, 1.54) is 37.8 Å². The van der Waals surface area contributed by atoms with Gasteiger partial charge in [0.25, 0.3) is 0 Å². The van der Waals surface area contributed by atoms with Gasteiger partial charge in [-0.1, -0.05) is 31.1 Å². The van der Waals surface area contributed by atoms with Crippen LogP contribution >= 0.6 is 11.3 Å². The fourth-order valence-electron chi connectivity index (χ4n) is 2.62. The van der Waals surface area contributed by atoms with Gasteiger partial charge in [0.1, 0.15) is 15.8 Å². The molecule has 0 amide bonds. The highest BCUT2D eigenvalue weighted by molar-refractivity contribution is 7.14. The molecule has 0 radical (unpaired) electrons. The van der Waals surface area contributed by atoms with E-state index < -0.39 is 0 Å². The van der Waals surface area contributed by atoms with Gasteiger partial charge < -0.3 is 0 Å². The summed E-state index contributed by atoms with van der Waals surface area (Å²) in [6.45, 7) is 2.32. The second-order valence-corrected chi connectivity index (χ2v) is 6.42. The van der Waals surface area contributed by atoms with Crippen molar-refractivity contribution in [1.29, 1.82) is 0 Å². The summed E-state index contributed by atoms with van der Waals surface area (Å²) in [6, 6.07) is 6.47. The third-order valence-electron chi connectivity index (χ3n) is 3.90. The summed E-state index contributed by atoms with van der Waals surface area (Å²) in [6.07, 6.45) is 5.02. The van der Waals surface area contributed by atoms with E-state index in [2.05, 4.69) is 17.1 Å². The van der Waals surface area contributed by atoms with Crippen molar-refractivity contribution in [3.8, 4) is 10.6 Å². The van der Waals surface area contributed by atoms with Gasteiger partial charge >= 0.3 is 0 Å². The van der Waals surface area contributed by atoms with E-state index >= 15 is 0 Å². The predicted octanol–water partition coefficient (Wildman–Crippen LogP) is 4.64. The maximum Gasteiger partial charge on any atom is 0.147 e. The second-order valence-electron chi connectivity index (χ2n) is 5.41. The first-order chi connectivity index (χ1) is 9.22. The number of rotatable bonds is 2. The first-order valence-corrected chi connectivity index (χ1v) is 7.63. The lowest BCUT2D eigenvalue weighted by molar-refractivity contribution is 0.346. The highest BCUT2D eigenvalue weighted by Crippen LogP contribution is 2.38. The fourth-order valence-corrected chi connectivity index (χ4v) is 3.63. The molecular formula is C15H17FN2S. The van der Waals surface area contributed by atoms with Crippen molar-refractivity contribution in [3.05, 3.63) is 35.1 Å². The van der Waals surface area contributed by atoms with Crippen LogP contribution in [0.1, 0.15) is 43.5 Å². The van der Waals surface area contributed by atoms with Crippen LogP contribution in [0.2, 0.25) is 0 Å². The van der Waals surface area contributed by atoms with Crippen LogP contribution in [0, 0.1) is 11.7 Å². The van der Waals surface area contributed by atoms with Crippen molar-refractivity contribution < 1.29 is 4.39 Å². The summed E-state index contributed by atoms with van der Waals surface area (Å²) in [5.41, 5.74) is 0.953. The molecule has 1 fully saturated rings. The van der Waals surface area contributed by atoms with Crippen molar-refractivity contribution >= 4 is 11.3 Å². The minimum atomic E-state index is -0.213. The SMILES string of the molecule is CC1CCC(c2nnc(-c3ccc(F)cc3)s2)CC1. The Bertz CT molecular complexity index is 542. The molecule has 1 aliphatic carbocycles. The maximum absolute atomic E-state index is 12.9. The first kappa shape index (κ1) is 12.7. The van der Waals surface area contributed by atoms with Gasteiger partial charge in [-0.05, 0) is 43.0 Å². The molecule has 2 nitrogen and oxygen atoms in total. The molecule has 4 heteroatoms. The summed E-state index contributed by atoms with van der Waals surface area (Å²) in [4.78, 5) is 0. The van der Waals surface area contributed by atoms with Crippen LogP contribution in [0.15, 0.2) is 24.3 Å². The van der Waals surface area contributed by atoms with Gasteiger partial charge in [-0.2, -0.15) is 0 Å². The highest BCUT2D eigenvalue weighted by atomic mass is 32.1. The molecule has 0 aliphatic heterocycles. The Labute approximate surface area is 116 Å². The molecule has 100 valence electrons. The van der Waals surface area contributed by atoms with E-state index in [9.17, 15) is 4.39 Å². The van der Waals surface area contributed by atoms with Gasteiger partial charge in [0.05, 0.1) is 0 Å². The van der Waals surface area contributed by atoms with Crippen LogP contribution < -0.4 is 0 Å². The zero-order valence-electron chi connectivity index (χ0n) is 11.0. The molecule has 3 rings (SSSR count). The summed E-state index contributed by atoms with van der Waals surface area (Å²) in [5, 5.41) is 10.6. The van der Waals surface area contributed by atoms with Gasteiger partial charge in [-0.15, -0.1) is 10.2 Å². The van der Waals surface area contributed by atoms with Crippen molar-refractivity contribution in [2.24, 2.45) is 5.92 Å². The van der Waals surface area contributed by atoms with E-state index in [0.717, 1.165) is 21.5 Å². The number of hydrogen-bond donors (Lipinski definition) is 0. The molecule has 19 heavy (non-hydrogen) atoms. The van der Waals surface area contributed by atoms with Crippen molar-refractivity contribution in [3.63, 3.8) is 0 Å². The summed E-state index contributed by atoms with van der Waals surface area (Å²) >= 11 is 1.65. The van der Waals surface area contributed by atoms with Gasteiger partial charge in [0.15, 0.2) is 0 Å². The lowest BCUT2D eigenvalue weighted by atomic mass is 9.83. The average Bonchev–Trinajstić information content (AvgIpc) is 2.90. The molecular weight excluding hydrogens is 259 g/mol. The molecule has 1 saturated carbocycles. The molecule has 0 atom stereocenters. The zero-order chi connectivity index (χ0) is 13.2. The number of aromatic nitrogens is 2. The quantitative estimate of drug-likeness (QED) is 0.798. The Morgan fingerprint density at radius 2 is 1.74 bits per heavy atom. The lowest BCUT2D eigenvalue weighted by Gasteiger charge is -2.23. The van der Waals surface area contributed by atoms with E-state index in [1.54, 1.807) is 23.5 Å². The zero-order valence-corrected chi connectivity index (χ0v) is 11.8. The van der Waals surface area contributed by atoms with Gasteiger partial charge in [0, 0.05) is 11.5 Å². The molecule has 0 unspecified atom stereocenters. The predicted molar refractivity (Wildman–Crippen MR) is 75.7 cm³/mol. The Morgan fingerprint density at radius 3 is 2.42 bits per heavy atom. The van der Waals surface area contributed by atoms with E-state index in [-0.39, 0.29) is 5.82 Å². The smallest absolute Gasteiger partial charge is 0.147 e. The molecule has 0 N–H and O–H groups in total. The standard InChI is InChI=1S/C15H17FN2S/c1-10-2-4-11(5-3-10)14-17-18-15(19-14)12-6-8-13(16)9-7-12/h6-11H,2-5H2,1H3. The third-order valence-corrected chi connectivity index (χ3v) is 5.03. The van der Waals surface area contributed by atoms with Gasteiger partial charge in [0.2, 0.25) is 0 Å². The molecule has 0 saturated heterocycles. The van der Waals surface area contributed by atoms with Crippen molar-refractivity contribution in [1.82, 2.24) is 10.2 Å². The number of nitrogens with zero attached hydrogens (tertiary/aromatic N) is 2. The molecule has 1 aromatic carbocycles. The van der Waals surface area contributed by atoms with Crippen LogP contribution in [0.25, 0.3) is 10.6 Å². The fraction of sp³-hybridized carbons (Fsp3) is 0.467. The van der Waals surface area contributed by atoms with E-state index in [1.807, 2.05) is 0 Å². The highest BCUT2D eigenvalue weighted by Gasteiger charge is 2.23. The largest absolute Gasteiger partial charge is 0.207 e. The molecule has 0 spiro atoms. The third kappa shape index (κ3) is 2.84. The summed E-state index contributed by atoms with van der Waals surface area (Å²) < 4.78 is 12.9. The normalized spacial score (nSPS) is 23.5. The van der Waals surface area contributed by atoms with Gasteiger partial charge in [-0.25, -0.2) is 4.39 Å². The van der Waals surface area contributed by atoms with E-state index in [4.69, 9.17) is 0 Å². The van der Waals surface area contributed by atoms with Crippen LogP contribution in [-0.4, -0.2) is 10.2 Å². The first-order valence-electron chi connectivity index (χ1n) is 6.81. The second kappa shape index (κ2) is 5.37. The van der Waals surface area contributed by atoms with Crippen molar-refractivity contribution in [2.75, 3.05) is 0 Å². The van der Waals surface area contributed by atoms with Crippen LogP contribution in [-0.2, 0) is 0 Å². The maximum atomic E-state index is 12.9. The molecule has 1 heterocycles. The summed E-state index contributed by atoms with van der Waals surface area (Å²) in [7, 11) is 0. The van der Waals surface area contributed by atoms with Gasteiger partial charge in [-0.3, -0.25) is 0 Å². The molecule has 0 bridgehead atoms. The van der Waals surface area contributed by atoms with E-state index in [0.29, 0.717) is 5.92 Å². The molecule has 1 aromatic heterocycles. The van der Waals surface area contributed by atoms with Crippen molar-refractivity contribution in [2.45, 2.75) is 38.5 Å². The Hall–Kier alpha value is -1.29. The Balaban J connectivity index is 1.77. The summed E-state index contributed by atoms with van der Waals surface area (Å²) in [5.74, 6) is 1.21. The molecule has 1 aliphatic rings. The molecule has 2 aromatic rings. The van der Waals surface area contributed by atoms with Crippen LogP contribution in [0.5, 0.6) is 0 Å². The number of benzene rings is 1. The lowest BCUT2D eigenvalue weighted by Crippen LogP contribution is -2.10. The Morgan fingerprint density at radius 1 is 1.05 bits per heavy atom. The minimum absolute atomic E-state index is 0.213. The van der Waals surface area contributed by atoms with Crippen LogP contribution in [0.3, 0.4) is 0 Å². The topological polar surface area (TPSA) is 25.8 Å². The van der Waals surface area contributed by atoms with Crippen LogP contribution in [0.4, 0.5) is 4.39 Å². The minimum Gasteiger partial charge on any atom is -0.207 e. The monoisotopic (exact) mass is 276 g/mol. The average molecular weight is 276 g/mol. The number of halogens is 1.